The molecule has 0 aliphatic rings. The van der Waals surface area contributed by atoms with E-state index < -0.39 is 85.0 Å². The average Bonchev–Trinajstić information content (AvgIpc) is 2.68. The summed E-state index contributed by atoms with van der Waals surface area (Å²) < 4.78 is 0. The third-order valence-corrected chi connectivity index (χ3v) is 4.65. The molecular weight excluding hydrogens is 466 g/mol. The first kappa shape index (κ1) is 29.6. The number of amides is 4. The number of nitrogens with two attached hydrogens (primary N) is 2. The first-order chi connectivity index (χ1) is 15.3. The van der Waals surface area contributed by atoms with Gasteiger partial charge < -0.3 is 42.7 Å². The Bertz CT molecular complexity index is 777. The lowest BCUT2D eigenvalue weighted by Gasteiger charge is -2.24. The van der Waals surface area contributed by atoms with Crippen LogP contribution in [0.5, 0.6) is 0 Å². The number of carboxylic acid groups (broad SMARTS) is 3. The van der Waals surface area contributed by atoms with E-state index >= 15 is 0 Å². The maximum Gasteiger partial charge on any atom is 0.326 e. The van der Waals surface area contributed by atoms with E-state index in [9.17, 15) is 38.7 Å². The van der Waals surface area contributed by atoms with Crippen molar-refractivity contribution in [2.24, 2.45) is 11.5 Å². The summed E-state index contributed by atoms with van der Waals surface area (Å²) in [5, 5.41) is 33.1. The lowest BCUT2D eigenvalue weighted by atomic mass is 10.1. The maximum absolute atomic E-state index is 12.5. The molecule has 0 radical (unpaired) electrons. The zero-order valence-corrected chi connectivity index (χ0v) is 18.4. The summed E-state index contributed by atoms with van der Waals surface area (Å²) >= 11 is 1.32. The predicted molar refractivity (Wildman–Crippen MR) is 113 cm³/mol. The van der Waals surface area contributed by atoms with E-state index in [2.05, 4.69) is 10.6 Å². The minimum atomic E-state index is -1.79. The van der Waals surface area contributed by atoms with Gasteiger partial charge >= 0.3 is 17.9 Å². The van der Waals surface area contributed by atoms with Crippen molar-refractivity contribution in [3.05, 3.63) is 0 Å². The number of hydrogen-bond donors (Lipinski definition) is 8. The van der Waals surface area contributed by atoms with Crippen LogP contribution in [0.2, 0.25) is 0 Å². The summed E-state index contributed by atoms with van der Waals surface area (Å²) in [6.45, 7) is 0. The van der Waals surface area contributed by atoms with Crippen LogP contribution in [-0.2, 0) is 33.6 Å². The van der Waals surface area contributed by atoms with Crippen molar-refractivity contribution < 1.29 is 48.9 Å². The van der Waals surface area contributed by atoms with E-state index in [1.54, 1.807) is 6.26 Å². The van der Waals surface area contributed by atoms with Crippen molar-refractivity contribution in [3.8, 4) is 0 Å². The fourth-order valence-electron chi connectivity index (χ4n) is 2.39. The quantitative estimate of drug-likeness (QED) is 0.104. The van der Waals surface area contributed by atoms with E-state index in [0.717, 1.165) is 0 Å². The minimum absolute atomic E-state index is 0.0403. The van der Waals surface area contributed by atoms with Gasteiger partial charge in [-0.15, -0.1) is 0 Å². The molecule has 4 amide bonds. The van der Waals surface area contributed by atoms with Gasteiger partial charge in [0.25, 0.3) is 0 Å². The fourth-order valence-corrected chi connectivity index (χ4v) is 2.86. The number of aliphatic carboxylic acids is 3. The molecule has 10 N–H and O–H groups in total. The molecule has 0 aromatic rings. The van der Waals surface area contributed by atoms with Gasteiger partial charge in [0.2, 0.25) is 23.6 Å². The van der Waals surface area contributed by atoms with E-state index in [-0.39, 0.29) is 6.42 Å². The van der Waals surface area contributed by atoms with Crippen LogP contribution in [0.1, 0.15) is 25.7 Å². The number of carbonyl (C=O) groups excluding carboxylic acids is 4. The molecule has 0 saturated carbocycles. The van der Waals surface area contributed by atoms with Crippen molar-refractivity contribution in [2.45, 2.75) is 49.9 Å². The monoisotopic (exact) mass is 493 g/mol. The SMILES string of the molecule is CSCCC(NC(=O)C(CC(N)=O)NC(=O)C(CC(=O)O)NC(=O)C(N)CC(=O)O)C(=O)O. The number of rotatable bonds is 16. The Balaban J connectivity index is 5.52. The first-order valence-corrected chi connectivity index (χ1v) is 10.8. The molecule has 0 fully saturated rings. The lowest BCUT2D eigenvalue weighted by molar-refractivity contribution is -0.143. The average molecular weight is 493 g/mol. The number of carboxylic acids is 3. The first-order valence-electron chi connectivity index (χ1n) is 9.38. The molecule has 16 heteroatoms. The summed E-state index contributed by atoms with van der Waals surface area (Å²) in [6, 6.07) is -6.39. The topological polar surface area (TPSA) is 268 Å². The van der Waals surface area contributed by atoms with Gasteiger partial charge in [0.1, 0.15) is 18.1 Å². The molecule has 186 valence electrons. The van der Waals surface area contributed by atoms with Gasteiger partial charge in [-0.1, -0.05) is 0 Å². The number of primary amides is 1. The minimum Gasteiger partial charge on any atom is -0.481 e. The van der Waals surface area contributed by atoms with Gasteiger partial charge in [0.05, 0.1) is 25.3 Å². The number of hydrogen-bond acceptors (Lipinski definition) is 9. The Hall–Kier alpha value is -3.40. The number of nitrogens with one attached hydrogen (secondary N) is 3. The second-order valence-corrected chi connectivity index (χ2v) is 7.76. The molecule has 4 atom stereocenters. The molecule has 0 rings (SSSR count). The van der Waals surface area contributed by atoms with Gasteiger partial charge in [-0.2, -0.15) is 11.8 Å². The second-order valence-electron chi connectivity index (χ2n) is 6.78. The van der Waals surface area contributed by atoms with Crippen LogP contribution in [0, 0.1) is 0 Å². The van der Waals surface area contributed by atoms with Gasteiger partial charge in [-0.25, -0.2) is 4.79 Å². The molecule has 0 aromatic heterocycles. The zero-order chi connectivity index (χ0) is 25.7. The van der Waals surface area contributed by atoms with E-state index in [0.29, 0.717) is 5.75 Å². The summed E-state index contributed by atoms with van der Waals surface area (Å²) in [5.41, 5.74) is 10.5. The van der Waals surface area contributed by atoms with Crippen LogP contribution in [0.3, 0.4) is 0 Å². The smallest absolute Gasteiger partial charge is 0.326 e. The lowest BCUT2D eigenvalue weighted by Crippen LogP contribution is -2.58. The predicted octanol–water partition coefficient (Wildman–Crippen LogP) is -3.57. The molecule has 15 nitrogen and oxygen atoms in total. The Kier molecular flexibility index (Phi) is 13.1. The highest BCUT2D eigenvalue weighted by Crippen LogP contribution is 2.04. The van der Waals surface area contributed by atoms with Crippen molar-refractivity contribution >= 4 is 53.3 Å². The van der Waals surface area contributed by atoms with Crippen molar-refractivity contribution in [1.29, 1.82) is 0 Å². The molecule has 0 aliphatic carbocycles. The van der Waals surface area contributed by atoms with Crippen LogP contribution in [0.15, 0.2) is 0 Å². The molecule has 0 aromatic carbocycles. The zero-order valence-electron chi connectivity index (χ0n) is 17.6. The van der Waals surface area contributed by atoms with Gasteiger partial charge in [0, 0.05) is 0 Å². The molecule has 33 heavy (non-hydrogen) atoms. The van der Waals surface area contributed by atoms with Gasteiger partial charge in [0.15, 0.2) is 0 Å². The summed E-state index contributed by atoms with van der Waals surface area (Å²) in [7, 11) is 0. The third kappa shape index (κ3) is 12.3. The van der Waals surface area contributed by atoms with Crippen molar-refractivity contribution in [3.63, 3.8) is 0 Å². The largest absolute Gasteiger partial charge is 0.481 e. The number of thioether (sulfide) groups is 1. The Morgan fingerprint density at radius 2 is 1.21 bits per heavy atom. The highest BCUT2D eigenvalue weighted by atomic mass is 32.2. The van der Waals surface area contributed by atoms with E-state index in [1.807, 2.05) is 5.32 Å². The molecule has 0 heterocycles. The van der Waals surface area contributed by atoms with Crippen LogP contribution in [-0.4, -0.2) is 93.0 Å². The van der Waals surface area contributed by atoms with Gasteiger partial charge in [-0.3, -0.25) is 28.8 Å². The Labute approximate surface area is 192 Å². The molecule has 0 saturated heterocycles. The molecular formula is C17H27N5O10S. The fraction of sp³-hybridized carbons (Fsp3) is 0.588. The van der Waals surface area contributed by atoms with Crippen LogP contribution in [0.4, 0.5) is 0 Å². The summed E-state index contributed by atoms with van der Waals surface area (Å²) in [5.74, 6) is -8.38. The molecule has 0 aliphatic heterocycles. The normalized spacial score (nSPS) is 14.1. The van der Waals surface area contributed by atoms with Gasteiger partial charge in [-0.05, 0) is 18.4 Å². The van der Waals surface area contributed by atoms with Crippen molar-refractivity contribution in [1.82, 2.24) is 16.0 Å². The highest BCUT2D eigenvalue weighted by Gasteiger charge is 2.32. The number of carbonyl (C=O) groups is 7. The summed E-state index contributed by atoms with van der Waals surface area (Å²) in [6.07, 6.45) is -0.756. The van der Waals surface area contributed by atoms with Crippen molar-refractivity contribution in [2.75, 3.05) is 12.0 Å². The Morgan fingerprint density at radius 1 is 0.758 bits per heavy atom. The Morgan fingerprint density at radius 3 is 1.64 bits per heavy atom. The maximum atomic E-state index is 12.5. The molecule has 0 bridgehead atoms. The molecule has 0 spiro atoms. The standard InChI is InChI=1S/C17H27N5O10S/c1-33-3-2-8(17(31)32)20-15(29)9(5-11(19)23)22-16(30)10(6-13(26)27)21-14(28)7(18)4-12(24)25/h7-10H,2-6,18H2,1H3,(H2,19,23)(H,20,29)(H,21,28)(H,22,30)(H,24,25)(H,26,27)(H,31,32). The van der Waals surface area contributed by atoms with E-state index in [1.165, 1.54) is 11.8 Å². The van der Waals surface area contributed by atoms with Crippen LogP contribution in [0.25, 0.3) is 0 Å². The van der Waals surface area contributed by atoms with E-state index in [4.69, 9.17) is 21.7 Å². The van der Waals surface area contributed by atoms with Crippen LogP contribution < -0.4 is 27.4 Å². The third-order valence-electron chi connectivity index (χ3n) is 4.01. The molecule has 4 unspecified atom stereocenters. The highest BCUT2D eigenvalue weighted by molar-refractivity contribution is 7.98. The van der Waals surface area contributed by atoms with Crippen LogP contribution >= 0.6 is 11.8 Å². The second kappa shape index (κ2) is 14.6. The summed E-state index contributed by atoms with van der Waals surface area (Å²) in [4.78, 5) is 81.5.